The third kappa shape index (κ3) is 2.45. The maximum absolute atomic E-state index is 11.9. The van der Waals surface area contributed by atoms with Crippen LogP contribution >= 0.6 is 0 Å². The van der Waals surface area contributed by atoms with Crippen LogP contribution in [0.25, 0.3) is 0 Å². The molecule has 0 unspecified atom stereocenters. The Bertz CT molecular complexity index is 320. The summed E-state index contributed by atoms with van der Waals surface area (Å²) in [6, 6.07) is 4.75. The highest BCUT2D eigenvalue weighted by molar-refractivity contribution is 7.86. The van der Waals surface area contributed by atoms with Crippen LogP contribution in [0.1, 0.15) is 0 Å². The molecule has 2 nitrogen and oxygen atoms in total. The van der Waals surface area contributed by atoms with Crippen LogP contribution in [-0.2, 0) is 10.8 Å². The zero-order chi connectivity index (χ0) is 10.1. The second-order valence-corrected chi connectivity index (χ2v) is 3.76. The molecule has 1 rings (SSSR count). The van der Waals surface area contributed by atoms with E-state index in [0.717, 1.165) is 12.1 Å². The lowest BCUT2D eigenvalue weighted by Gasteiger charge is -2.05. The molecule has 0 aliphatic carbocycles. The van der Waals surface area contributed by atoms with Gasteiger partial charge in [0.25, 0.3) is 0 Å². The molecule has 0 fully saturated rings. The molecule has 0 saturated heterocycles. The first-order chi connectivity index (χ1) is 5.91. The Morgan fingerprint density at radius 2 is 1.62 bits per heavy atom. The number of alkyl halides is 3. The molecule has 0 spiro atoms. The summed E-state index contributed by atoms with van der Waals surface area (Å²) < 4.78 is 46.4. The highest BCUT2D eigenvalue weighted by Gasteiger charge is 2.37. The van der Waals surface area contributed by atoms with Gasteiger partial charge in [0, 0.05) is 10.6 Å². The van der Waals surface area contributed by atoms with Gasteiger partial charge in [-0.15, -0.1) is 0 Å². The van der Waals surface area contributed by atoms with Crippen molar-refractivity contribution in [2.75, 3.05) is 5.73 Å². The van der Waals surface area contributed by atoms with Crippen molar-refractivity contribution in [2.45, 2.75) is 10.4 Å². The van der Waals surface area contributed by atoms with Crippen LogP contribution in [0.3, 0.4) is 0 Å². The van der Waals surface area contributed by atoms with E-state index in [1.807, 2.05) is 0 Å². The van der Waals surface area contributed by atoms with Crippen LogP contribution in [0.2, 0.25) is 0 Å². The van der Waals surface area contributed by atoms with Gasteiger partial charge in [0.05, 0.1) is 0 Å². The maximum Gasteiger partial charge on any atom is 0.475 e. The molecule has 1 aromatic rings. The largest absolute Gasteiger partial charge is 0.475 e. The number of anilines is 1. The van der Waals surface area contributed by atoms with Crippen LogP contribution in [0, 0.1) is 0 Å². The van der Waals surface area contributed by atoms with E-state index in [9.17, 15) is 17.4 Å². The molecule has 0 saturated carbocycles. The Morgan fingerprint density at radius 3 is 2.00 bits per heavy atom. The smallest absolute Gasteiger partial charge is 0.399 e. The van der Waals surface area contributed by atoms with Gasteiger partial charge in [-0.1, -0.05) is 0 Å². The fourth-order valence-corrected chi connectivity index (χ4v) is 1.38. The maximum atomic E-state index is 11.9. The van der Waals surface area contributed by atoms with Crippen LogP contribution in [0.15, 0.2) is 29.2 Å². The number of benzene rings is 1. The monoisotopic (exact) mass is 209 g/mol. The Kier molecular flexibility index (Phi) is 2.60. The molecule has 6 heteroatoms. The normalized spacial score (nSPS) is 14.1. The lowest BCUT2D eigenvalue weighted by atomic mass is 10.3. The number of halogens is 3. The zero-order valence-corrected chi connectivity index (χ0v) is 7.15. The van der Waals surface area contributed by atoms with Crippen molar-refractivity contribution in [3.63, 3.8) is 0 Å². The van der Waals surface area contributed by atoms with E-state index in [2.05, 4.69) is 0 Å². The molecule has 0 radical (unpaired) electrons. The third-order valence-corrected chi connectivity index (χ3v) is 2.43. The predicted molar refractivity (Wildman–Crippen MR) is 43.3 cm³/mol. The van der Waals surface area contributed by atoms with Gasteiger partial charge >= 0.3 is 5.51 Å². The Labute approximate surface area is 75.0 Å². The minimum atomic E-state index is -4.71. The molecule has 0 amide bonds. The summed E-state index contributed by atoms with van der Waals surface area (Å²) >= 11 is 0. The molecule has 72 valence electrons. The number of hydrogen-bond donors (Lipinski definition) is 1. The Morgan fingerprint density at radius 1 is 1.15 bits per heavy atom. The summed E-state index contributed by atoms with van der Waals surface area (Å²) in [6.45, 7) is 0. The topological polar surface area (TPSA) is 43.1 Å². The first-order valence-corrected chi connectivity index (χ1v) is 4.40. The van der Waals surface area contributed by atoms with Gasteiger partial charge in [-0.3, -0.25) is 0 Å². The second-order valence-electron chi connectivity index (χ2n) is 2.28. The fraction of sp³-hybridized carbons (Fsp3) is 0.143. The molecule has 13 heavy (non-hydrogen) atoms. The zero-order valence-electron chi connectivity index (χ0n) is 6.34. The minimum absolute atomic E-state index is 0.290. The number of nitrogen functional groups attached to an aromatic ring is 1. The molecule has 0 aliphatic rings. The average molecular weight is 209 g/mol. The lowest BCUT2D eigenvalue weighted by Crippen LogP contribution is -2.16. The van der Waals surface area contributed by atoms with Gasteiger partial charge in [0.15, 0.2) is 10.8 Å². The number of hydrogen-bond acceptors (Lipinski definition) is 2. The molecular weight excluding hydrogens is 203 g/mol. The third-order valence-electron chi connectivity index (χ3n) is 1.30. The van der Waals surface area contributed by atoms with E-state index in [1.54, 1.807) is 0 Å². The van der Waals surface area contributed by atoms with Crippen molar-refractivity contribution in [1.82, 2.24) is 0 Å². The van der Waals surface area contributed by atoms with E-state index in [-0.39, 0.29) is 4.90 Å². The van der Waals surface area contributed by atoms with E-state index in [1.165, 1.54) is 12.1 Å². The van der Waals surface area contributed by atoms with Gasteiger partial charge in [-0.25, -0.2) is 4.21 Å². The first kappa shape index (κ1) is 10.0. The van der Waals surface area contributed by atoms with Crippen molar-refractivity contribution in [3.05, 3.63) is 24.3 Å². The van der Waals surface area contributed by atoms with Gasteiger partial charge in [0.2, 0.25) is 0 Å². The van der Waals surface area contributed by atoms with Crippen molar-refractivity contribution in [2.24, 2.45) is 0 Å². The van der Waals surface area contributed by atoms with Crippen LogP contribution in [0.4, 0.5) is 18.9 Å². The van der Waals surface area contributed by atoms with Gasteiger partial charge in [-0.05, 0) is 24.3 Å². The summed E-state index contributed by atoms with van der Waals surface area (Å²) in [5.74, 6) is 0. The van der Waals surface area contributed by atoms with Crippen molar-refractivity contribution < 1.29 is 17.4 Å². The van der Waals surface area contributed by atoms with Crippen molar-refractivity contribution in [1.29, 1.82) is 0 Å². The first-order valence-electron chi connectivity index (χ1n) is 3.25. The second kappa shape index (κ2) is 3.37. The Hall–Kier alpha value is -1.04. The summed E-state index contributed by atoms with van der Waals surface area (Å²) in [4.78, 5) is -0.290. The van der Waals surface area contributed by atoms with E-state index >= 15 is 0 Å². The molecule has 1 aromatic carbocycles. The van der Waals surface area contributed by atoms with E-state index in [4.69, 9.17) is 5.73 Å². The van der Waals surface area contributed by atoms with Crippen molar-refractivity contribution >= 4 is 16.5 Å². The molecule has 0 bridgehead atoms. The number of nitrogens with two attached hydrogens (primary N) is 1. The summed E-state index contributed by atoms with van der Waals surface area (Å²) in [6.07, 6.45) is 0. The van der Waals surface area contributed by atoms with Gasteiger partial charge in [-0.2, -0.15) is 13.2 Å². The predicted octanol–water partition coefficient (Wildman–Crippen LogP) is 1.90. The summed E-state index contributed by atoms with van der Waals surface area (Å²) in [5, 5.41) is 0. The molecule has 2 N–H and O–H groups in total. The molecular formula is C7H6F3NOS. The van der Waals surface area contributed by atoms with Crippen LogP contribution in [-0.4, -0.2) is 9.72 Å². The van der Waals surface area contributed by atoms with Crippen LogP contribution < -0.4 is 5.73 Å². The van der Waals surface area contributed by atoms with Gasteiger partial charge < -0.3 is 5.73 Å². The highest BCUT2D eigenvalue weighted by Crippen LogP contribution is 2.26. The van der Waals surface area contributed by atoms with Crippen molar-refractivity contribution in [3.8, 4) is 0 Å². The average Bonchev–Trinajstić information content (AvgIpc) is 2.03. The number of rotatable bonds is 1. The summed E-state index contributed by atoms with van der Waals surface area (Å²) in [5.41, 5.74) is 0.880. The molecule has 1 atom stereocenters. The lowest BCUT2D eigenvalue weighted by molar-refractivity contribution is -0.0384. The fourth-order valence-electron chi connectivity index (χ4n) is 0.725. The molecule has 0 heterocycles. The van der Waals surface area contributed by atoms with E-state index < -0.39 is 16.3 Å². The summed E-state index contributed by atoms with van der Waals surface area (Å²) in [7, 11) is -2.96. The standard InChI is InChI=1S/C7H6F3NOS/c8-7(9,10)13(12)6-3-1-5(11)2-4-6/h1-4H,11H2/t13-/m0/s1. The molecule has 0 aromatic heterocycles. The molecule has 0 aliphatic heterocycles. The van der Waals surface area contributed by atoms with E-state index in [0.29, 0.717) is 5.69 Å². The minimum Gasteiger partial charge on any atom is -0.399 e. The van der Waals surface area contributed by atoms with Gasteiger partial charge in [0.1, 0.15) is 0 Å². The van der Waals surface area contributed by atoms with Crippen LogP contribution in [0.5, 0.6) is 0 Å². The quantitative estimate of drug-likeness (QED) is 0.718. The highest BCUT2D eigenvalue weighted by atomic mass is 32.2. The SMILES string of the molecule is Nc1ccc([S@](=O)C(F)(F)F)cc1. The Balaban J connectivity index is 2.97.